The number of fused-ring (bicyclic) bond motifs is 1. The van der Waals surface area contributed by atoms with E-state index in [1.165, 1.54) is 25.9 Å². The van der Waals surface area contributed by atoms with E-state index < -0.39 is 10.0 Å². The molecule has 35 heavy (non-hydrogen) atoms. The molecule has 6 nitrogen and oxygen atoms in total. The lowest BCUT2D eigenvalue weighted by Crippen LogP contribution is -2.56. The summed E-state index contributed by atoms with van der Waals surface area (Å²) < 4.78 is 27.5. The molecule has 3 aromatic rings. The van der Waals surface area contributed by atoms with Crippen molar-refractivity contribution in [1.82, 2.24) is 14.1 Å². The van der Waals surface area contributed by atoms with E-state index in [2.05, 4.69) is 47.5 Å². The monoisotopic (exact) mass is 509 g/mol. The molecule has 1 saturated heterocycles. The van der Waals surface area contributed by atoms with Gasteiger partial charge in [-0.15, -0.1) is 11.3 Å². The molecule has 1 fully saturated rings. The zero-order valence-corrected chi connectivity index (χ0v) is 21.8. The Labute approximate surface area is 211 Å². The molecule has 2 aliphatic rings. The molecule has 2 aliphatic heterocycles. The van der Waals surface area contributed by atoms with E-state index in [1.807, 2.05) is 11.8 Å². The fraction of sp³-hybridized carbons (Fsp3) is 0.370. The number of rotatable bonds is 5. The van der Waals surface area contributed by atoms with Gasteiger partial charge in [-0.25, -0.2) is 8.42 Å². The van der Waals surface area contributed by atoms with Gasteiger partial charge in [-0.3, -0.25) is 9.69 Å². The quantitative estimate of drug-likeness (QED) is 0.523. The average Bonchev–Trinajstić information content (AvgIpc) is 3.37. The van der Waals surface area contributed by atoms with Gasteiger partial charge in [-0.2, -0.15) is 4.31 Å². The number of nitrogens with zero attached hydrogens (tertiary/aromatic N) is 3. The third-order valence-electron chi connectivity index (χ3n) is 7.27. The first kappa shape index (κ1) is 24.2. The number of benzene rings is 2. The zero-order chi connectivity index (χ0) is 24.6. The van der Waals surface area contributed by atoms with Crippen LogP contribution in [0.2, 0.25) is 0 Å². The van der Waals surface area contributed by atoms with Gasteiger partial charge in [0.25, 0.3) is 0 Å². The molecule has 0 aliphatic carbocycles. The van der Waals surface area contributed by atoms with Gasteiger partial charge in [0.15, 0.2) is 0 Å². The molecule has 3 heterocycles. The van der Waals surface area contributed by atoms with Crippen LogP contribution < -0.4 is 0 Å². The van der Waals surface area contributed by atoms with Gasteiger partial charge < -0.3 is 4.90 Å². The number of thiophene rings is 1. The highest BCUT2D eigenvalue weighted by Gasteiger charge is 2.38. The molecule has 0 bridgehead atoms. The van der Waals surface area contributed by atoms with Crippen LogP contribution in [0.1, 0.15) is 34.5 Å². The van der Waals surface area contributed by atoms with E-state index in [-0.39, 0.29) is 18.0 Å². The number of amides is 1. The van der Waals surface area contributed by atoms with Crippen LogP contribution in [0, 0.1) is 6.92 Å². The summed E-state index contributed by atoms with van der Waals surface area (Å²) in [7, 11) is -3.54. The summed E-state index contributed by atoms with van der Waals surface area (Å²) in [6, 6.07) is 18.9. The van der Waals surface area contributed by atoms with Gasteiger partial charge in [-0.05, 0) is 60.5 Å². The molecule has 184 valence electrons. The topological polar surface area (TPSA) is 60.9 Å². The molecular weight excluding hydrogens is 478 g/mol. The normalized spacial score (nSPS) is 20.4. The number of carbonyl (C=O) groups is 1. The van der Waals surface area contributed by atoms with Crippen molar-refractivity contribution in [2.75, 3.05) is 32.7 Å². The highest BCUT2D eigenvalue weighted by molar-refractivity contribution is 7.89. The van der Waals surface area contributed by atoms with Gasteiger partial charge in [0, 0.05) is 37.6 Å². The number of aryl methyl sites for hydroxylation is 1. The van der Waals surface area contributed by atoms with Crippen LogP contribution in [-0.4, -0.2) is 67.2 Å². The summed E-state index contributed by atoms with van der Waals surface area (Å²) in [6.45, 7) is 6.38. The smallest absolute Gasteiger partial charge is 0.243 e. The molecule has 1 aromatic heterocycles. The minimum atomic E-state index is -3.54. The first-order valence-electron chi connectivity index (χ1n) is 12.1. The summed E-state index contributed by atoms with van der Waals surface area (Å²) in [5.74, 6) is 0.0685. The number of hydrogen-bond acceptors (Lipinski definition) is 5. The number of sulfonamides is 1. The molecule has 0 radical (unpaired) electrons. The second kappa shape index (κ2) is 9.85. The van der Waals surface area contributed by atoms with Crippen LogP contribution in [0.4, 0.5) is 0 Å². The Morgan fingerprint density at radius 3 is 2.31 bits per heavy atom. The highest BCUT2D eigenvalue weighted by Crippen LogP contribution is 2.40. The van der Waals surface area contributed by atoms with Crippen molar-refractivity contribution < 1.29 is 13.2 Å². The van der Waals surface area contributed by atoms with E-state index in [4.69, 9.17) is 0 Å². The Kier molecular flexibility index (Phi) is 6.81. The minimum absolute atomic E-state index is 0.0462. The largest absolute Gasteiger partial charge is 0.339 e. The third kappa shape index (κ3) is 4.56. The molecule has 2 aromatic carbocycles. The van der Waals surface area contributed by atoms with Crippen LogP contribution in [0.3, 0.4) is 0 Å². The standard InChI is InChI=1S/C27H31N3O3S2/c1-20-8-6-7-11-23(20)26-24-13-19-34-25(24)12-14-30(26)21(2)27(31)28-15-17-29(18-16-28)35(32,33)22-9-4-3-5-10-22/h3-11,13,19,21,26H,12,14-18H2,1-2H3/t21-,26+/m0/s1. The highest BCUT2D eigenvalue weighted by atomic mass is 32.2. The maximum absolute atomic E-state index is 13.7. The van der Waals surface area contributed by atoms with Crippen molar-refractivity contribution in [2.45, 2.75) is 37.2 Å². The fourth-order valence-corrected chi connectivity index (χ4v) is 7.64. The first-order chi connectivity index (χ1) is 16.9. The lowest BCUT2D eigenvalue weighted by atomic mass is 9.89. The van der Waals surface area contributed by atoms with Gasteiger partial charge in [0.05, 0.1) is 17.0 Å². The summed E-state index contributed by atoms with van der Waals surface area (Å²) in [4.78, 5) is 19.5. The van der Waals surface area contributed by atoms with Gasteiger partial charge in [0.1, 0.15) is 0 Å². The maximum atomic E-state index is 13.7. The van der Waals surface area contributed by atoms with E-state index in [0.29, 0.717) is 31.1 Å². The Hall–Kier alpha value is -2.52. The van der Waals surface area contributed by atoms with Crippen LogP contribution in [0.15, 0.2) is 70.9 Å². The third-order valence-corrected chi connectivity index (χ3v) is 10.2. The molecule has 0 unspecified atom stereocenters. The molecule has 0 spiro atoms. The van der Waals surface area contributed by atoms with Gasteiger partial charge in [-0.1, -0.05) is 42.5 Å². The van der Waals surface area contributed by atoms with E-state index in [9.17, 15) is 13.2 Å². The van der Waals surface area contributed by atoms with Crippen molar-refractivity contribution >= 4 is 27.3 Å². The molecule has 2 atom stereocenters. The van der Waals surface area contributed by atoms with Crippen molar-refractivity contribution in [3.05, 3.63) is 87.6 Å². The minimum Gasteiger partial charge on any atom is -0.339 e. The Balaban J connectivity index is 1.33. The molecular formula is C27H31N3O3S2. The predicted molar refractivity (Wildman–Crippen MR) is 139 cm³/mol. The van der Waals surface area contributed by atoms with Crippen LogP contribution in [-0.2, 0) is 21.2 Å². The number of piperazine rings is 1. The van der Waals surface area contributed by atoms with Crippen LogP contribution in [0.25, 0.3) is 0 Å². The number of hydrogen-bond donors (Lipinski definition) is 0. The Morgan fingerprint density at radius 2 is 1.60 bits per heavy atom. The van der Waals surface area contributed by atoms with E-state index >= 15 is 0 Å². The lowest BCUT2D eigenvalue weighted by Gasteiger charge is -2.42. The van der Waals surface area contributed by atoms with Gasteiger partial charge >= 0.3 is 0 Å². The molecule has 5 rings (SSSR count). The maximum Gasteiger partial charge on any atom is 0.243 e. The number of carbonyl (C=O) groups excluding carboxylic acids is 1. The van der Waals surface area contributed by atoms with Crippen LogP contribution in [0.5, 0.6) is 0 Å². The Morgan fingerprint density at radius 1 is 0.914 bits per heavy atom. The molecule has 0 N–H and O–H groups in total. The Bertz CT molecular complexity index is 1300. The van der Waals surface area contributed by atoms with E-state index in [1.54, 1.807) is 41.7 Å². The zero-order valence-electron chi connectivity index (χ0n) is 20.1. The molecule has 1 amide bonds. The summed E-state index contributed by atoms with van der Waals surface area (Å²) in [5.41, 5.74) is 3.76. The molecule has 8 heteroatoms. The predicted octanol–water partition coefficient (Wildman–Crippen LogP) is 3.93. The first-order valence-corrected chi connectivity index (χ1v) is 14.4. The lowest BCUT2D eigenvalue weighted by molar-refractivity contribution is -0.138. The second-order valence-electron chi connectivity index (χ2n) is 9.26. The molecule has 0 saturated carbocycles. The average molecular weight is 510 g/mol. The van der Waals surface area contributed by atoms with Crippen molar-refractivity contribution in [3.63, 3.8) is 0 Å². The van der Waals surface area contributed by atoms with Crippen molar-refractivity contribution in [3.8, 4) is 0 Å². The fourth-order valence-electron chi connectivity index (χ4n) is 5.29. The SMILES string of the molecule is Cc1ccccc1[C@@H]1c2ccsc2CCN1[C@@H](C)C(=O)N1CCN(S(=O)(=O)c2ccccc2)CC1. The summed E-state index contributed by atoms with van der Waals surface area (Å²) >= 11 is 1.80. The summed E-state index contributed by atoms with van der Waals surface area (Å²) in [5, 5.41) is 2.15. The van der Waals surface area contributed by atoms with E-state index in [0.717, 1.165) is 13.0 Å². The van der Waals surface area contributed by atoms with Crippen molar-refractivity contribution in [1.29, 1.82) is 0 Å². The second-order valence-corrected chi connectivity index (χ2v) is 12.2. The summed E-state index contributed by atoms with van der Waals surface area (Å²) in [6.07, 6.45) is 0.941. The van der Waals surface area contributed by atoms with Gasteiger partial charge in [0.2, 0.25) is 15.9 Å². The van der Waals surface area contributed by atoms with Crippen LogP contribution >= 0.6 is 11.3 Å². The van der Waals surface area contributed by atoms with Crippen molar-refractivity contribution in [2.24, 2.45) is 0 Å².